The third kappa shape index (κ3) is 5.44. The first-order valence-electron chi connectivity index (χ1n) is 6.80. The maximum Gasteiger partial charge on any atom is 0.242 e. The largest absolute Gasteiger partial charge is 0.490 e. The van der Waals surface area contributed by atoms with E-state index < -0.39 is 6.04 Å². The fourth-order valence-corrected chi connectivity index (χ4v) is 1.53. The van der Waals surface area contributed by atoms with Gasteiger partial charge < -0.3 is 20.1 Å². The van der Waals surface area contributed by atoms with Crippen molar-refractivity contribution in [3.8, 4) is 5.75 Å². The van der Waals surface area contributed by atoms with Crippen molar-refractivity contribution in [3.05, 3.63) is 18.3 Å². The van der Waals surface area contributed by atoms with Crippen LogP contribution in [-0.4, -0.2) is 43.8 Å². The first kappa shape index (κ1) is 16.2. The van der Waals surface area contributed by atoms with Crippen LogP contribution >= 0.6 is 0 Å². The number of aromatic nitrogens is 1. The highest BCUT2D eigenvalue weighted by Gasteiger charge is 2.14. The molecule has 6 heteroatoms. The zero-order valence-corrected chi connectivity index (χ0v) is 12.3. The molecule has 0 aromatic carbocycles. The Morgan fingerprint density at radius 2 is 2.25 bits per heavy atom. The molecule has 0 saturated heterocycles. The molecule has 0 radical (unpaired) electrons. The van der Waals surface area contributed by atoms with Crippen molar-refractivity contribution in [2.24, 2.45) is 0 Å². The van der Waals surface area contributed by atoms with Crippen molar-refractivity contribution in [1.82, 2.24) is 10.3 Å². The summed E-state index contributed by atoms with van der Waals surface area (Å²) in [4.78, 5) is 16.1. The van der Waals surface area contributed by atoms with Crippen LogP contribution in [0.25, 0.3) is 0 Å². The van der Waals surface area contributed by atoms with E-state index in [1.165, 1.54) is 0 Å². The summed E-state index contributed by atoms with van der Waals surface area (Å²) < 4.78 is 10.5. The van der Waals surface area contributed by atoms with Crippen molar-refractivity contribution in [1.29, 1.82) is 0 Å². The zero-order valence-electron chi connectivity index (χ0n) is 12.3. The van der Waals surface area contributed by atoms with E-state index in [9.17, 15) is 4.79 Å². The minimum atomic E-state index is -0.397. The van der Waals surface area contributed by atoms with Gasteiger partial charge >= 0.3 is 0 Å². The molecule has 20 heavy (non-hydrogen) atoms. The highest BCUT2D eigenvalue weighted by atomic mass is 16.5. The van der Waals surface area contributed by atoms with Crippen LogP contribution in [0.5, 0.6) is 5.75 Å². The highest BCUT2D eigenvalue weighted by molar-refractivity contribution is 5.84. The van der Waals surface area contributed by atoms with Crippen molar-refractivity contribution in [2.75, 3.05) is 32.2 Å². The molecule has 112 valence electrons. The van der Waals surface area contributed by atoms with E-state index in [2.05, 4.69) is 15.6 Å². The van der Waals surface area contributed by atoms with Crippen molar-refractivity contribution in [2.45, 2.75) is 26.3 Å². The number of ether oxygens (including phenoxy) is 2. The summed E-state index contributed by atoms with van der Waals surface area (Å²) in [5.74, 6) is 1.13. The predicted molar refractivity (Wildman–Crippen MR) is 78.0 cm³/mol. The molecule has 0 saturated carbocycles. The number of amides is 1. The van der Waals surface area contributed by atoms with Gasteiger partial charge in [0.2, 0.25) is 5.91 Å². The molecule has 1 aromatic rings. The van der Waals surface area contributed by atoms with Crippen LogP contribution in [0.15, 0.2) is 18.3 Å². The SMILES string of the molecule is CCCOc1cccnc1NC(C)C(=O)NCCOC. The molecule has 1 amide bonds. The Morgan fingerprint density at radius 3 is 2.95 bits per heavy atom. The van der Waals surface area contributed by atoms with E-state index in [1.54, 1.807) is 26.3 Å². The standard InChI is InChI=1S/C14H23N3O3/c1-4-9-20-12-6-5-7-15-13(12)17-11(2)14(18)16-8-10-19-3/h5-7,11H,4,8-10H2,1-3H3,(H,15,17)(H,16,18). The quantitative estimate of drug-likeness (QED) is 0.670. The molecule has 6 nitrogen and oxygen atoms in total. The van der Waals surface area contributed by atoms with E-state index >= 15 is 0 Å². The molecule has 0 fully saturated rings. The lowest BCUT2D eigenvalue weighted by Gasteiger charge is -2.17. The Balaban J connectivity index is 2.56. The highest BCUT2D eigenvalue weighted by Crippen LogP contribution is 2.21. The first-order valence-corrected chi connectivity index (χ1v) is 6.80. The van der Waals surface area contributed by atoms with Crippen molar-refractivity contribution < 1.29 is 14.3 Å². The van der Waals surface area contributed by atoms with Gasteiger partial charge in [0.25, 0.3) is 0 Å². The number of hydrogen-bond donors (Lipinski definition) is 2. The van der Waals surface area contributed by atoms with E-state index in [0.717, 1.165) is 6.42 Å². The second-order valence-electron chi connectivity index (χ2n) is 4.35. The number of pyridine rings is 1. The third-order valence-corrected chi connectivity index (χ3v) is 2.58. The molecule has 0 aliphatic heterocycles. The molecule has 1 rings (SSSR count). The van der Waals surface area contributed by atoms with Gasteiger partial charge in [0.05, 0.1) is 13.2 Å². The number of methoxy groups -OCH3 is 1. The van der Waals surface area contributed by atoms with Gasteiger partial charge in [-0.25, -0.2) is 4.98 Å². The van der Waals surface area contributed by atoms with Crippen LogP contribution in [0, 0.1) is 0 Å². The lowest BCUT2D eigenvalue weighted by atomic mass is 10.3. The predicted octanol–water partition coefficient (Wildman–Crippen LogP) is 1.43. The number of hydrogen-bond acceptors (Lipinski definition) is 5. The molecule has 0 spiro atoms. The Bertz CT molecular complexity index is 412. The lowest BCUT2D eigenvalue weighted by molar-refractivity contribution is -0.121. The summed E-state index contributed by atoms with van der Waals surface area (Å²) in [6, 6.07) is 3.24. The van der Waals surface area contributed by atoms with Gasteiger partial charge in [0, 0.05) is 19.9 Å². The second-order valence-corrected chi connectivity index (χ2v) is 4.35. The fraction of sp³-hybridized carbons (Fsp3) is 0.571. The molecule has 1 unspecified atom stereocenters. The molecule has 1 aromatic heterocycles. The van der Waals surface area contributed by atoms with Gasteiger partial charge in [0.15, 0.2) is 11.6 Å². The van der Waals surface area contributed by atoms with Gasteiger partial charge in [-0.15, -0.1) is 0 Å². The summed E-state index contributed by atoms with van der Waals surface area (Å²) in [5, 5.41) is 5.83. The topological polar surface area (TPSA) is 72.5 Å². The van der Waals surface area contributed by atoms with Crippen LogP contribution in [-0.2, 0) is 9.53 Å². The average molecular weight is 281 g/mol. The molecule has 0 bridgehead atoms. The van der Waals surface area contributed by atoms with Crippen LogP contribution in [0.3, 0.4) is 0 Å². The summed E-state index contributed by atoms with van der Waals surface area (Å²) in [7, 11) is 1.60. The maximum atomic E-state index is 11.8. The summed E-state index contributed by atoms with van der Waals surface area (Å²) in [6.07, 6.45) is 2.58. The Morgan fingerprint density at radius 1 is 1.45 bits per heavy atom. The third-order valence-electron chi connectivity index (χ3n) is 2.58. The van der Waals surface area contributed by atoms with E-state index in [1.807, 2.05) is 13.0 Å². The Hall–Kier alpha value is -1.82. The van der Waals surface area contributed by atoms with Crippen molar-refractivity contribution >= 4 is 11.7 Å². The minimum absolute atomic E-state index is 0.103. The molecule has 0 aliphatic rings. The Kier molecular flexibility index (Phi) is 7.42. The monoisotopic (exact) mass is 281 g/mol. The number of carbonyl (C=O) groups excluding carboxylic acids is 1. The van der Waals surface area contributed by atoms with Crippen LogP contribution < -0.4 is 15.4 Å². The van der Waals surface area contributed by atoms with Gasteiger partial charge in [-0.05, 0) is 25.5 Å². The maximum absolute atomic E-state index is 11.8. The molecule has 2 N–H and O–H groups in total. The summed E-state index contributed by atoms with van der Waals surface area (Å²) in [5.41, 5.74) is 0. The molecular weight excluding hydrogens is 258 g/mol. The number of anilines is 1. The minimum Gasteiger partial charge on any atom is -0.490 e. The fourth-order valence-electron chi connectivity index (χ4n) is 1.53. The average Bonchev–Trinajstić information content (AvgIpc) is 2.46. The summed E-state index contributed by atoms with van der Waals surface area (Å²) in [6.45, 7) is 5.42. The molecule has 1 heterocycles. The van der Waals surface area contributed by atoms with Crippen LogP contribution in [0.1, 0.15) is 20.3 Å². The van der Waals surface area contributed by atoms with Crippen molar-refractivity contribution in [3.63, 3.8) is 0 Å². The number of carbonyl (C=O) groups is 1. The second kappa shape index (κ2) is 9.14. The van der Waals surface area contributed by atoms with Crippen LogP contribution in [0.4, 0.5) is 5.82 Å². The smallest absolute Gasteiger partial charge is 0.242 e. The van der Waals surface area contributed by atoms with E-state index in [0.29, 0.717) is 31.3 Å². The van der Waals surface area contributed by atoms with E-state index in [4.69, 9.17) is 9.47 Å². The van der Waals surface area contributed by atoms with Gasteiger partial charge in [-0.2, -0.15) is 0 Å². The van der Waals surface area contributed by atoms with Gasteiger partial charge in [-0.3, -0.25) is 4.79 Å². The summed E-state index contributed by atoms with van der Waals surface area (Å²) >= 11 is 0. The van der Waals surface area contributed by atoms with Gasteiger partial charge in [-0.1, -0.05) is 6.92 Å². The molecular formula is C14H23N3O3. The molecule has 1 atom stereocenters. The van der Waals surface area contributed by atoms with E-state index in [-0.39, 0.29) is 5.91 Å². The molecule has 0 aliphatic carbocycles. The van der Waals surface area contributed by atoms with Gasteiger partial charge in [0.1, 0.15) is 6.04 Å². The number of nitrogens with zero attached hydrogens (tertiary/aromatic N) is 1. The Labute approximate surface area is 119 Å². The zero-order chi connectivity index (χ0) is 14.8. The number of rotatable bonds is 9. The first-order chi connectivity index (χ1) is 9.69. The number of nitrogens with one attached hydrogen (secondary N) is 2. The van der Waals surface area contributed by atoms with Crippen LogP contribution in [0.2, 0.25) is 0 Å². The lowest BCUT2D eigenvalue weighted by Crippen LogP contribution is -2.39. The normalized spacial score (nSPS) is 11.8.